The number of carbonyl (C=O) groups excluding carboxylic acids is 1. The van der Waals surface area contributed by atoms with Crippen molar-refractivity contribution in [1.29, 1.82) is 0 Å². The molecule has 20 heavy (non-hydrogen) atoms. The second kappa shape index (κ2) is 6.34. The molecule has 1 aliphatic heterocycles. The minimum absolute atomic E-state index is 0.817. The third-order valence-electron chi connectivity index (χ3n) is 3.40. The van der Waals surface area contributed by atoms with Crippen LogP contribution in [0.15, 0.2) is 30.3 Å². The maximum Gasteiger partial charge on any atom is 0.376 e. The van der Waals surface area contributed by atoms with Crippen molar-refractivity contribution >= 4 is 23.5 Å². The van der Waals surface area contributed by atoms with Crippen LogP contribution in [0.2, 0.25) is 0 Å². The van der Waals surface area contributed by atoms with Gasteiger partial charge in [0.15, 0.2) is 0 Å². The van der Waals surface area contributed by atoms with Gasteiger partial charge in [-0.05, 0) is 30.8 Å². The van der Waals surface area contributed by atoms with Crippen molar-refractivity contribution in [2.24, 2.45) is 0 Å². The molecule has 1 fully saturated rings. The number of likely N-dealkylation sites (N-methyl/N-ethyl adjacent to an activating group) is 1. The van der Waals surface area contributed by atoms with E-state index >= 15 is 0 Å². The van der Waals surface area contributed by atoms with E-state index in [0.717, 1.165) is 43.5 Å². The van der Waals surface area contributed by atoms with Crippen molar-refractivity contribution in [2.75, 3.05) is 38.1 Å². The fraction of sp³-hybridized carbons (Fsp3) is 0.333. The summed E-state index contributed by atoms with van der Waals surface area (Å²) in [5.41, 5.74) is 1.97. The number of piperazine rings is 1. The van der Waals surface area contributed by atoms with Gasteiger partial charge in [-0.1, -0.05) is 18.2 Å². The van der Waals surface area contributed by atoms with Gasteiger partial charge < -0.3 is 14.9 Å². The van der Waals surface area contributed by atoms with Crippen LogP contribution >= 0.6 is 0 Å². The Morgan fingerprint density at radius 2 is 1.70 bits per heavy atom. The Morgan fingerprint density at radius 1 is 1.10 bits per heavy atom. The molecule has 1 aliphatic rings. The molecule has 0 radical (unpaired) electrons. The number of aliphatic carboxylic acids is 1. The zero-order chi connectivity index (χ0) is 14.5. The SMILES string of the molecule is CN1CCN(c2ccc(C=CC(=O)C(=O)O)cc2)CC1. The molecule has 0 bridgehead atoms. The highest BCUT2D eigenvalue weighted by Crippen LogP contribution is 2.17. The summed E-state index contributed by atoms with van der Waals surface area (Å²) in [4.78, 5) is 26.0. The minimum atomic E-state index is -1.43. The largest absolute Gasteiger partial charge is 0.475 e. The smallest absolute Gasteiger partial charge is 0.376 e. The molecular formula is C15H18N2O3. The predicted octanol–water partition coefficient (Wildman–Crippen LogP) is 1.11. The molecule has 0 spiro atoms. The highest BCUT2D eigenvalue weighted by atomic mass is 16.4. The summed E-state index contributed by atoms with van der Waals surface area (Å²) >= 11 is 0. The standard InChI is InChI=1S/C15H18N2O3/c1-16-8-10-17(11-9-16)13-5-2-12(3-6-13)4-7-14(18)15(19)20/h2-7H,8-11H2,1H3,(H,19,20). The lowest BCUT2D eigenvalue weighted by Crippen LogP contribution is -2.44. The van der Waals surface area contributed by atoms with E-state index in [9.17, 15) is 9.59 Å². The molecule has 2 rings (SSSR count). The van der Waals surface area contributed by atoms with E-state index in [4.69, 9.17) is 5.11 Å². The van der Waals surface area contributed by atoms with E-state index < -0.39 is 11.8 Å². The summed E-state index contributed by atoms with van der Waals surface area (Å²) in [7, 11) is 2.12. The number of hydrogen-bond acceptors (Lipinski definition) is 4. The number of carboxylic acids is 1. The Hall–Kier alpha value is -2.14. The van der Waals surface area contributed by atoms with E-state index in [1.165, 1.54) is 6.08 Å². The average Bonchev–Trinajstić information content (AvgIpc) is 2.46. The molecule has 1 aromatic carbocycles. The van der Waals surface area contributed by atoms with Gasteiger partial charge in [0.25, 0.3) is 5.78 Å². The van der Waals surface area contributed by atoms with Crippen molar-refractivity contribution < 1.29 is 14.7 Å². The first-order chi connectivity index (χ1) is 9.56. The van der Waals surface area contributed by atoms with Crippen LogP contribution in [-0.2, 0) is 9.59 Å². The van der Waals surface area contributed by atoms with Gasteiger partial charge in [0.2, 0.25) is 0 Å². The number of ketones is 1. The molecular weight excluding hydrogens is 256 g/mol. The van der Waals surface area contributed by atoms with E-state index in [0.29, 0.717) is 0 Å². The second-order valence-electron chi connectivity index (χ2n) is 4.88. The lowest BCUT2D eigenvalue weighted by molar-refractivity contribution is -0.146. The zero-order valence-corrected chi connectivity index (χ0v) is 11.5. The number of rotatable bonds is 4. The molecule has 5 nitrogen and oxygen atoms in total. The highest BCUT2D eigenvalue weighted by molar-refractivity contribution is 6.38. The summed E-state index contributed by atoms with van der Waals surface area (Å²) in [6, 6.07) is 7.77. The van der Waals surface area contributed by atoms with E-state index in [2.05, 4.69) is 16.8 Å². The molecule has 1 aromatic rings. The molecule has 1 N–H and O–H groups in total. The molecule has 106 valence electrons. The first kappa shape index (κ1) is 14.3. The first-order valence-electron chi connectivity index (χ1n) is 6.55. The zero-order valence-electron chi connectivity index (χ0n) is 11.5. The highest BCUT2D eigenvalue weighted by Gasteiger charge is 2.13. The average molecular weight is 274 g/mol. The van der Waals surface area contributed by atoms with Gasteiger partial charge in [0.05, 0.1) is 0 Å². The summed E-state index contributed by atoms with van der Waals surface area (Å²) < 4.78 is 0. The van der Waals surface area contributed by atoms with Crippen LogP contribution in [0.5, 0.6) is 0 Å². The Kier molecular flexibility index (Phi) is 4.53. The van der Waals surface area contributed by atoms with Crippen molar-refractivity contribution in [1.82, 2.24) is 4.90 Å². The van der Waals surface area contributed by atoms with Gasteiger partial charge in [-0.2, -0.15) is 0 Å². The van der Waals surface area contributed by atoms with Gasteiger partial charge in [0, 0.05) is 31.9 Å². The van der Waals surface area contributed by atoms with Crippen LogP contribution in [0.1, 0.15) is 5.56 Å². The Bertz CT molecular complexity index is 514. The maximum absolute atomic E-state index is 11.0. The molecule has 1 saturated heterocycles. The number of carboxylic acid groups (broad SMARTS) is 1. The summed E-state index contributed by atoms with van der Waals surface area (Å²) in [6.07, 6.45) is 2.59. The molecule has 0 amide bonds. The number of hydrogen-bond donors (Lipinski definition) is 1. The van der Waals surface area contributed by atoms with Crippen molar-refractivity contribution in [3.8, 4) is 0 Å². The Morgan fingerprint density at radius 3 is 2.25 bits per heavy atom. The third-order valence-corrected chi connectivity index (χ3v) is 3.40. The lowest BCUT2D eigenvalue weighted by Gasteiger charge is -2.34. The van der Waals surface area contributed by atoms with Crippen molar-refractivity contribution in [3.63, 3.8) is 0 Å². The molecule has 0 aromatic heterocycles. The van der Waals surface area contributed by atoms with Gasteiger partial charge in [-0.25, -0.2) is 4.79 Å². The lowest BCUT2D eigenvalue weighted by atomic mass is 10.1. The van der Waals surface area contributed by atoms with Gasteiger partial charge >= 0.3 is 5.97 Å². The van der Waals surface area contributed by atoms with Crippen molar-refractivity contribution in [3.05, 3.63) is 35.9 Å². The minimum Gasteiger partial charge on any atom is -0.475 e. The fourth-order valence-electron chi connectivity index (χ4n) is 2.10. The quantitative estimate of drug-likeness (QED) is 0.658. The fourth-order valence-corrected chi connectivity index (χ4v) is 2.10. The third kappa shape index (κ3) is 3.68. The van der Waals surface area contributed by atoms with Gasteiger partial charge in [-0.15, -0.1) is 0 Å². The normalized spacial score (nSPS) is 16.6. The topological polar surface area (TPSA) is 60.9 Å². The summed E-state index contributed by atoms with van der Waals surface area (Å²) in [6.45, 7) is 4.11. The second-order valence-corrected chi connectivity index (χ2v) is 4.88. The summed E-state index contributed by atoms with van der Waals surface area (Å²) in [5.74, 6) is -2.34. The molecule has 5 heteroatoms. The number of carbonyl (C=O) groups is 2. The molecule has 0 atom stereocenters. The maximum atomic E-state index is 11.0. The van der Waals surface area contributed by atoms with Crippen LogP contribution < -0.4 is 4.90 Å². The van der Waals surface area contributed by atoms with Crippen LogP contribution in [0.4, 0.5) is 5.69 Å². The van der Waals surface area contributed by atoms with E-state index in [-0.39, 0.29) is 0 Å². The Labute approximate surface area is 118 Å². The van der Waals surface area contributed by atoms with E-state index in [1.807, 2.05) is 24.3 Å². The molecule has 0 unspecified atom stereocenters. The first-order valence-corrected chi connectivity index (χ1v) is 6.55. The van der Waals surface area contributed by atoms with Gasteiger partial charge in [-0.3, -0.25) is 4.79 Å². The van der Waals surface area contributed by atoms with Crippen LogP contribution in [0, 0.1) is 0 Å². The van der Waals surface area contributed by atoms with Crippen LogP contribution in [-0.4, -0.2) is 55.0 Å². The van der Waals surface area contributed by atoms with Gasteiger partial charge in [0.1, 0.15) is 0 Å². The monoisotopic (exact) mass is 274 g/mol. The summed E-state index contributed by atoms with van der Waals surface area (Å²) in [5, 5.41) is 8.48. The van der Waals surface area contributed by atoms with Crippen LogP contribution in [0.3, 0.4) is 0 Å². The Balaban J connectivity index is 1.99. The molecule has 0 aliphatic carbocycles. The molecule has 0 saturated carbocycles. The van der Waals surface area contributed by atoms with E-state index in [1.54, 1.807) is 0 Å². The number of benzene rings is 1. The number of anilines is 1. The van der Waals surface area contributed by atoms with Crippen LogP contribution in [0.25, 0.3) is 6.08 Å². The number of nitrogens with zero attached hydrogens (tertiary/aromatic N) is 2. The molecule has 1 heterocycles. The predicted molar refractivity (Wildman–Crippen MR) is 77.8 cm³/mol. The van der Waals surface area contributed by atoms with Crippen molar-refractivity contribution in [2.45, 2.75) is 0 Å².